The largest absolute Gasteiger partial charge is 0.383 e. The van der Waals surface area contributed by atoms with Gasteiger partial charge in [-0.15, -0.1) is 12.4 Å². The van der Waals surface area contributed by atoms with E-state index in [0.717, 1.165) is 38.3 Å². The van der Waals surface area contributed by atoms with Crippen LogP contribution in [0.3, 0.4) is 0 Å². The number of pyridine rings is 1. The molecule has 0 bridgehead atoms. The molecule has 166 valence electrons. The van der Waals surface area contributed by atoms with Crippen molar-refractivity contribution in [3.63, 3.8) is 0 Å². The Kier molecular flexibility index (Phi) is 6.83. The molecule has 2 aromatic heterocycles. The number of aromatic nitrogens is 2. The van der Waals surface area contributed by atoms with E-state index in [1.807, 2.05) is 6.20 Å². The smallest absolute Gasteiger partial charge is 0.138 e. The summed E-state index contributed by atoms with van der Waals surface area (Å²) in [6, 6.07) is 21.7. The number of hydrogen-bond acceptors (Lipinski definition) is 3. The summed E-state index contributed by atoms with van der Waals surface area (Å²) in [5.74, 6) is 1.11. The topological polar surface area (TPSA) is 30.3 Å². The van der Waals surface area contributed by atoms with Gasteiger partial charge in [0.15, 0.2) is 0 Å². The van der Waals surface area contributed by atoms with E-state index in [-0.39, 0.29) is 12.4 Å². The van der Waals surface area contributed by atoms with Crippen LogP contribution in [0.4, 0.5) is 5.82 Å². The molecule has 0 N–H and O–H groups in total. The number of nitrogens with zero attached hydrogens (tertiary/aromatic N) is 3. The molecule has 32 heavy (non-hydrogen) atoms. The predicted octanol–water partition coefficient (Wildman–Crippen LogP) is 5.57. The number of ether oxygens (including phenoxy) is 1. The molecule has 0 radical (unpaired) electrons. The van der Waals surface area contributed by atoms with Crippen molar-refractivity contribution < 1.29 is 4.74 Å². The minimum atomic E-state index is 0. The lowest BCUT2D eigenvalue weighted by Gasteiger charge is -2.30. The minimum Gasteiger partial charge on any atom is -0.383 e. The third kappa shape index (κ3) is 4.13. The van der Waals surface area contributed by atoms with E-state index in [4.69, 9.17) is 9.72 Å². The Labute approximate surface area is 196 Å². The van der Waals surface area contributed by atoms with Crippen molar-refractivity contribution in [3.05, 3.63) is 94.8 Å². The Bertz CT molecular complexity index is 1200. The molecule has 3 heterocycles. The van der Waals surface area contributed by atoms with Crippen LogP contribution in [0.15, 0.2) is 66.9 Å². The Morgan fingerprint density at radius 1 is 0.969 bits per heavy atom. The van der Waals surface area contributed by atoms with Crippen LogP contribution in [0.2, 0.25) is 0 Å². The molecule has 4 nitrogen and oxygen atoms in total. The summed E-state index contributed by atoms with van der Waals surface area (Å²) in [6.07, 6.45) is 3.94. The fraction of sp³-hybridized carbons (Fsp3) is 0.296. The summed E-state index contributed by atoms with van der Waals surface area (Å²) in [5.41, 5.74) is 8.14. The average molecular weight is 448 g/mol. The van der Waals surface area contributed by atoms with Crippen molar-refractivity contribution in [2.24, 2.45) is 0 Å². The van der Waals surface area contributed by atoms with Gasteiger partial charge in [-0.3, -0.25) is 0 Å². The zero-order chi connectivity index (χ0) is 21.2. The maximum absolute atomic E-state index is 5.42. The Balaban J connectivity index is 0.00000245. The van der Waals surface area contributed by atoms with Gasteiger partial charge in [0, 0.05) is 44.0 Å². The molecule has 1 aliphatic rings. The van der Waals surface area contributed by atoms with Crippen LogP contribution in [0.1, 0.15) is 27.9 Å². The summed E-state index contributed by atoms with van der Waals surface area (Å²) >= 11 is 0. The van der Waals surface area contributed by atoms with Crippen LogP contribution >= 0.6 is 12.4 Å². The van der Waals surface area contributed by atoms with Gasteiger partial charge in [-0.2, -0.15) is 0 Å². The van der Waals surface area contributed by atoms with E-state index in [2.05, 4.69) is 77.1 Å². The maximum Gasteiger partial charge on any atom is 0.138 e. The molecular formula is C27H30ClN3O. The second kappa shape index (κ2) is 9.76. The standard InChI is InChI=1S/C27H29N3O.ClH/c1-20-24(18-21-8-4-3-5-9-21)26-25(30(20)16-17-31-2)12-14-28-27(26)29-15-13-22-10-6-7-11-23(22)19-29;/h3-12,14H,13,15-19H2,1-2H3;1H. The lowest BCUT2D eigenvalue weighted by Crippen LogP contribution is -2.31. The normalized spacial score (nSPS) is 13.1. The van der Waals surface area contributed by atoms with Gasteiger partial charge in [-0.25, -0.2) is 4.98 Å². The molecule has 0 saturated heterocycles. The molecule has 4 aromatic rings. The molecule has 2 aromatic carbocycles. The number of anilines is 1. The average Bonchev–Trinajstić information content (AvgIpc) is 3.08. The van der Waals surface area contributed by atoms with Crippen LogP contribution in [0.5, 0.6) is 0 Å². The summed E-state index contributed by atoms with van der Waals surface area (Å²) < 4.78 is 7.82. The summed E-state index contributed by atoms with van der Waals surface area (Å²) in [5, 5.41) is 1.29. The first kappa shape index (κ1) is 22.4. The highest BCUT2D eigenvalue weighted by Crippen LogP contribution is 2.36. The van der Waals surface area contributed by atoms with Crippen LogP contribution in [-0.4, -0.2) is 29.8 Å². The molecule has 0 spiro atoms. The van der Waals surface area contributed by atoms with Gasteiger partial charge in [0.1, 0.15) is 5.82 Å². The lowest BCUT2D eigenvalue weighted by atomic mass is 9.98. The van der Waals surface area contributed by atoms with Crippen LogP contribution in [-0.2, 0) is 30.7 Å². The molecule has 5 heteroatoms. The van der Waals surface area contributed by atoms with Crippen molar-refractivity contribution in [2.45, 2.75) is 32.9 Å². The molecular weight excluding hydrogens is 418 g/mol. The van der Waals surface area contributed by atoms with E-state index < -0.39 is 0 Å². The summed E-state index contributed by atoms with van der Waals surface area (Å²) in [4.78, 5) is 7.38. The van der Waals surface area contributed by atoms with Gasteiger partial charge in [-0.1, -0.05) is 54.6 Å². The molecule has 0 aliphatic carbocycles. The second-order valence-electron chi connectivity index (χ2n) is 8.34. The Morgan fingerprint density at radius 2 is 1.72 bits per heavy atom. The van der Waals surface area contributed by atoms with E-state index in [9.17, 15) is 0 Å². The number of fused-ring (bicyclic) bond motifs is 2. The van der Waals surface area contributed by atoms with Crippen LogP contribution < -0.4 is 4.90 Å². The fourth-order valence-corrected chi connectivity index (χ4v) is 4.88. The SMILES string of the molecule is COCCn1c(C)c(Cc2ccccc2)c2c(N3CCc4ccccc4C3)nccc21.Cl. The second-order valence-corrected chi connectivity index (χ2v) is 8.34. The van der Waals surface area contributed by atoms with Crippen LogP contribution in [0, 0.1) is 6.92 Å². The summed E-state index contributed by atoms with van der Waals surface area (Å²) in [6.45, 7) is 5.69. The van der Waals surface area contributed by atoms with Crippen molar-refractivity contribution in [1.29, 1.82) is 0 Å². The van der Waals surface area contributed by atoms with Gasteiger partial charge in [0.05, 0.1) is 12.1 Å². The van der Waals surface area contributed by atoms with Crippen molar-refractivity contribution in [2.75, 3.05) is 25.2 Å². The highest BCUT2D eigenvalue weighted by atomic mass is 35.5. The van der Waals surface area contributed by atoms with Gasteiger partial charge in [-0.05, 0) is 48.1 Å². The van der Waals surface area contributed by atoms with Gasteiger partial charge < -0.3 is 14.2 Å². The molecule has 0 unspecified atom stereocenters. The molecule has 1 aliphatic heterocycles. The quantitative estimate of drug-likeness (QED) is 0.387. The fourth-order valence-electron chi connectivity index (χ4n) is 4.88. The minimum absolute atomic E-state index is 0. The van der Waals surface area contributed by atoms with E-state index in [1.165, 1.54) is 38.9 Å². The van der Waals surface area contributed by atoms with Crippen molar-refractivity contribution in [1.82, 2.24) is 9.55 Å². The van der Waals surface area contributed by atoms with E-state index >= 15 is 0 Å². The van der Waals surface area contributed by atoms with Gasteiger partial charge in [0.25, 0.3) is 0 Å². The monoisotopic (exact) mass is 447 g/mol. The maximum atomic E-state index is 5.42. The number of hydrogen-bond donors (Lipinski definition) is 0. The number of halogens is 1. The third-order valence-corrected chi connectivity index (χ3v) is 6.52. The molecule has 0 atom stereocenters. The highest BCUT2D eigenvalue weighted by Gasteiger charge is 2.24. The zero-order valence-corrected chi connectivity index (χ0v) is 19.6. The first-order valence-electron chi connectivity index (χ1n) is 11.1. The summed E-state index contributed by atoms with van der Waals surface area (Å²) in [7, 11) is 1.77. The lowest BCUT2D eigenvalue weighted by molar-refractivity contribution is 0.188. The molecule has 0 fully saturated rings. The molecule has 0 amide bonds. The third-order valence-electron chi connectivity index (χ3n) is 6.52. The van der Waals surface area contributed by atoms with Crippen molar-refractivity contribution in [3.8, 4) is 0 Å². The number of rotatable bonds is 6. The first-order chi connectivity index (χ1) is 15.3. The first-order valence-corrected chi connectivity index (χ1v) is 11.1. The molecule has 5 rings (SSSR count). The molecule has 0 saturated carbocycles. The van der Waals surface area contributed by atoms with E-state index in [1.54, 1.807) is 7.11 Å². The van der Waals surface area contributed by atoms with Gasteiger partial charge >= 0.3 is 0 Å². The van der Waals surface area contributed by atoms with Crippen molar-refractivity contribution >= 4 is 29.1 Å². The number of methoxy groups -OCH3 is 1. The van der Waals surface area contributed by atoms with Crippen LogP contribution in [0.25, 0.3) is 10.9 Å². The Hall–Kier alpha value is -2.82. The van der Waals surface area contributed by atoms with E-state index in [0.29, 0.717) is 6.61 Å². The Morgan fingerprint density at radius 3 is 2.50 bits per heavy atom. The predicted molar refractivity (Wildman–Crippen MR) is 134 cm³/mol. The zero-order valence-electron chi connectivity index (χ0n) is 18.8. The highest BCUT2D eigenvalue weighted by molar-refractivity contribution is 5.95. The number of benzene rings is 2. The van der Waals surface area contributed by atoms with Gasteiger partial charge in [0.2, 0.25) is 0 Å².